The maximum atomic E-state index is 12.5. The molecule has 2 aromatic carbocycles. The summed E-state index contributed by atoms with van der Waals surface area (Å²) in [6, 6.07) is 16.8. The molecule has 0 aliphatic carbocycles. The second-order valence-electron chi connectivity index (χ2n) is 7.18. The predicted octanol–water partition coefficient (Wildman–Crippen LogP) is 4.10. The van der Waals surface area contributed by atoms with E-state index in [1.54, 1.807) is 31.4 Å². The number of halogens is 1. The second-order valence-corrected chi connectivity index (χ2v) is 7.59. The van der Waals surface area contributed by atoms with Crippen molar-refractivity contribution in [2.24, 2.45) is 0 Å². The molecule has 3 aromatic rings. The van der Waals surface area contributed by atoms with E-state index in [9.17, 15) is 9.59 Å². The summed E-state index contributed by atoms with van der Waals surface area (Å²) in [5.41, 5.74) is 3.60. The second kappa shape index (κ2) is 8.63. The molecule has 0 bridgehead atoms. The van der Waals surface area contributed by atoms with Crippen molar-refractivity contribution in [2.45, 2.75) is 19.4 Å². The lowest BCUT2D eigenvalue weighted by Gasteiger charge is -2.29. The molecule has 0 saturated heterocycles. The third-order valence-electron chi connectivity index (χ3n) is 5.35. The lowest BCUT2D eigenvalue weighted by Crippen LogP contribution is -2.41. The van der Waals surface area contributed by atoms with Crippen molar-refractivity contribution >= 4 is 34.8 Å². The first kappa shape index (κ1) is 20.0. The molecule has 1 unspecified atom stereocenters. The number of carbonyl (C=O) groups is 2. The van der Waals surface area contributed by atoms with Gasteiger partial charge in [0.25, 0.3) is 0 Å². The summed E-state index contributed by atoms with van der Waals surface area (Å²) >= 11 is 6.08. The van der Waals surface area contributed by atoms with Crippen LogP contribution in [0.15, 0.2) is 65.3 Å². The number of nitrogens with zero attached hydrogens (tertiary/aromatic N) is 1. The van der Waals surface area contributed by atoms with E-state index in [1.165, 1.54) is 5.56 Å². The molecule has 1 aromatic heterocycles. The Balaban J connectivity index is 1.46. The summed E-state index contributed by atoms with van der Waals surface area (Å²) in [4.78, 5) is 27.1. The molecular formula is C23H22ClN3O3. The number of amides is 2. The third-order valence-corrected chi connectivity index (χ3v) is 5.76. The number of hydrogen-bond donors (Lipinski definition) is 2. The van der Waals surface area contributed by atoms with Crippen LogP contribution in [0.4, 0.5) is 11.4 Å². The molecule has 4 rings (SSSR count). The molecule has 2 N–H and O–H groups in total. The van der Waals surface area contributed by atoms with Crippen molar-refractivity contribution in [3.8, 4) is 0 Å². The van der Waals surface area contributed by atoms with E-state index in [2.05, 4.69) is 27.7 Å². The molecule has 1 aliphatic rings. The number of anilines is 2. The van der Waals surface area contributed by atoms with Crippen LogP contribution in [-0.2, 0) is 16.0 Å². The van der Waals surface area contributed by atoms with Crippen LogP contribution < -0.4 is 15.5 Å². The third kappa shape index (κ3) is 4.04. The number of nitrogens with one attached hydrogen (secondary N) is 2. The van der Waals surface area contributed by atoms with Gasteiger partial charge in [-0.05, 0) is 54.8 Å². The summed E-state index contributed by atoms with van der Waals surface area (Å²) in [6.07, 6.45) is 2.54. The average Bonchev–Trinajstić information content (AvgIpc) is 3.42. The Morgan fingerprint density at radius 3 is 2.73 bits per heavy atom. The van der Waals surface area contributed by atoms with Gasteiger partial charge in [0.2, 0.25) is 0 Å². The summed E-state index contributed by atoms with van der Waals surface area (Å²) < 4.78 is 5.63. The van der Waals surface area contributed by atoms with Gasteiger partial charge in [-0.3, -0.25) is 9.59 Å². The molecule has 0 saturated carbocycles. The maximum Gasteiger partial charge on any atom is 0.313 e. The van der Waals surface area contributed by atoms with E-state index < -0.39 is 11.8 Å². The topological polar surface area (TPSA) is 74.6 Å². The van der Waals surface area contributed by atoms with Crippen LogP contribution in [0.5, 0.6) is 0 Å². The molecule has 6 nitrogen and oxygen atoms in total. The van der Waals surface area contributed by atoms with Crippen LogP contribution in [0.2, 0.25) is 5.02 Å². The quantitative estimate of drug-likeness (QED) is 0.606. The van der Waals surface area contributed by atoms with Crippen LogP contribution in [0, 0.1) is 6.92 Å². The molecule has 7 heteroatoms. The molecule has 0 fully saturated rings. The summed E-state index contributed by atoms with van der Waals surface area (Å²) in [7, 11) is 0. The normalized spacial score (nSPS) is 13.6. The first-order chi connectivity index (χ1) is 14.5. The Morgan fingerprint density at radius 1 is 1.10 bits per heavy atom. The van der Waals surface area contributed by atoms with Gasteiger partial charge in [0.05, 0.1) is 6.26 Å². The number of furan rings is 1. The number of hydrogen-bond acceptors (Lipinski definition) is 4. The van der Waals surface area contributed by atoms with Gasteiger partial charge in [0.15, 0.2) is 0 Å². The van der Waals surface area contributed by atoms with E-state index in [0.29, 0.717) is 16.3 Å². The smallest absolute Gasteiger partial charge is 0.313 e. The first-order valence-electron chi connectivity index (χ1n) is 9.77. The molecule has 2 amide bonds. The summed E-state index contributed by atoms with van der Waals surface area (Å²) in [5.74, 6) is -0.711. The highest BCUT2D eigenvalue weighted by Crippen LogP contribution is 2.35. The van der Waals surface area contributed by atoms with Crippen LogP contribution in [0.1, 0.15) is 22.9 Å². The molecule has 1 aliphatic heterocycles. The number of para-hydroxylation sites is 1. The van der Waals surface area contributed by atoms with E-state index in [4.69, 9.17) is 16.0 Å². The van der Waals surface area contributed by atoms with E-state index >= 15 is 0 Å². The number of fused-ring (bicyclic) bond motifs is 1. The van der Waals surface area contributed by atoms with E-state index in [1.807, 2.05) is 24.3 Å². The zero-order chi connectivity index (χ0) is 21.1. The minimum atomic E-state index is -0.736. The Hall–Kier alpha value is -3.25. The minimum Gasteiger partial charge on any atom is -0.467 e. The predicted molar refractivity (Wildman–Crippen MR) is 117 cm³/mol. The van der Waals surface area contributed by atoms with Gasteiger partial charge >= 0.3 is 11.8 Å². The highest BCUT2D eigenvalue weighted by Gasteiger charge is 2.29. The van der Waals surface area contributed by atoms with Crippen LogP contribution in [0.25, 0.3) is 0 Å². The maximum absolute atomic E-state index is 12.5. The van der Waals surface area contributed by atoms with Crippen molar-refractivity contribution < 1.29 is 14.0 Å². The van der Waals surface area contributed by atoms with Crippen molar-refractivity contribution in [3.63, 3.8) is 0 Å². The van der Waals surface area contributed by atoms with Crippen LogP contribution in [-0.4, -0.2) is 24.9 Å². The van der Waals surface area contributed by atoms with E-state index in [0.717, 1.165) is 24.4 Å². The molecule has 2 heterocycles. The average molecular weight is 424 g/mol. The molecule has 0 spiro atoms. The summed E-state index contributed by atoms with van der Waals surface area (Å²) in [6.45, 7) is 2.84. The zero-order valence-corrected chi connectivity index (χ0v) is 17.3. The highest BCUT2D eigenvalue weighted by molar-refractivity contribution is 6.40. The fraction of sp³-hybridized carbons (Fsp3) is 0.217. The van der Waals surface area contributed by atoms with Gasteiger partial charge < -0.3 is 20.0 Å². The van der Waals surface area contributed by atoms with Gasteiger partial charge in [-0.1, -0.05) is 35.9 Å². The highest BCUT2D eigenvalue weighted by atomic mass is 35.5. The summed E-state index contributed by atoms with van der Waals surface area (Å²) in [5, 5.41) is 5.90. The Bertz CT molecular complexity index is 1070. The molecule has 30 heavy (non-hydrogen) atoms. The molecular weight excluding hydrogens is 402 g/mol. The van der Waals surface area contributed by atoms with Crippen molar-refractivity contribution in [1.82, 2.24) is 5.32 Å². The number of benzene rings is 2. The van der Waals surface area contributed by atoms with Crippen molar-refractivity contribution in [1.29, 1.82) is 0 Å². The Labute approximate surface area is 179 Å². The fourth-order valence-electron chi connectivity index (χ4n) is 3.72. The standard InChI is InChI=1S/C23H22ClN3O3/c1-15-17(24)7-4-8-18(15)26-23(29)22(28)25-14-20(21-10-5-13-30-21)27-12-11-16-6-2-3-9-19(16)27/h2-10,13,20H,11-12,14H2,1H3,(H,25,28)(H,26,29). The van der Waals surface area contributed by atoms with Gasteiger partial charge in [0.1, 0.15) is 11.8 Å². The van der Waals surface area contributed by atoms with Crippen molar-refractivity contribution in [3.05, 3.63) is 82.8 Å². The lowest BCUT2D eigenvalue weighted by atomic mass is 10.1. The van der Waals surface area contributed by atoms with Gasteiger partial charge in [0, 0.05) is 29.5 Å². The van der Waals surface area contributed by atoms with Crippen molar-refractivity contribution in [2.75, 3.05) is 23.3 Å². The number of rotatable bonds is 5. The van der Waals surface area contributed by atoms with Crippen LogP contribution >= 0.6 is 11.6 Å². The van der Waals surface area contributed by atoms with Gasteiger partial charge in [-0.2, -0.15) is 0 Å². The SMILES string of the molecule is Cc1c(Cl)cccc1NC(=O)C(=O)NCC(c1ccco1)N1CCc2ccccc21. The lowest BCUT2D eigenvalue weighted by molar-refractivity contribution is -0.136. The largest absolute Gasteiger partial charge is 0.467 e. The van der Waals surface area contributed by atoms with Crippen LogP contribution in [0.3, 0.4) is 0 Å². The molecule has 0 radical (unpaired) electrons. The first-order valence-corrected chi connectivity index (χ1v) is 10.1. The fourth-order valence-corrected chi connectivity index (χ4v) is 3.90. The molecule has 154 valence electrons. The van der Waals surface area contributed by atoms with Gasteiger partial charge in [-0.15, -0.1) is 0 Å². The van der Waals surface area contributed by atoms with Gasteiger partial charge in [-0.25, -0.2) is 0 Å². The Kier molecular flexibility index (Phi) is 5.77. The van der Waals surface area contributed by atoms with E-state index in [-0.39, 0.29) is 12.6 Å². The zero-order valence-electron chi connectivity index (χ0n) is 16.5. The monoisotopic (exact) mass is 423 g/mol. The molecule has 1 atom stereocenters. The minimum absolute atomic E-state index is 0.215. The number of carbonyl (C=O) groups excluding carboxylic acids is 2. The Morgan fingerprint density at radius 2 is 1.93 bits per heavy atom.